The highest BCUT2D eigenvalue weighted by Crippen LogP contribution is 2.22. The SMILES string of the molecule is COc1ccc(CN(C(=O)CCSc2ccc(C)cc2)[C@@H](C)C(=O)NC2CCCC2)cc1. The molecular weight excluding hydrogens is 420 g/mol. The third-order valence-electron chi connectivity index (χ3n) is 5.99. The van der Waals surface area contributed by atoms with Crippen LogP contribution in [0, 0.1) is 6.92 Å². The largest absolute Gasteiger partial charge is 0.497 e. The lowest BCUT2D eigenvalue weighted by atomic mass is 10.1. The van der Waals surface area contributed by atoms with Crippen LogP contribution in [-0.2, 0) is 16.1 Å². The van der Waals surface area contributed by atoms with Gasteiger partial charge in [-0.05, 0) is 56.5 Å². The molecule has 5 nitrogen and oxygen atoms in total. The third kappa shape index (κ3) is 7.02. The fourth-order valence-corrected chi connectivity index (χ4v) is 4.78. The predicted molar refractivity (Wildman–Crippen MR) is 130 cm³/mol. The molecule has 172 valence electrons. The van der Waals surface area contributed by atoms with Gasteiger partial charge in [-0.2, -0.15) is 0 Å². The summed E-state index contributed by atoms with van der Waals surface area (Å²) in [5.74, 6) is 1.38. The van der Waals surface area contributed by atoms with Crippen molar-refractivity contribution >= 4 is 23.6 Å². The second kappa shape index (κ2) is 12.0. The van der Waals surface area contributed by atoms with E-state index in [1.165, 1.54) is 5.56 Å². The van der Waals surface area contributed by atoms with E-state index in [0.29, 0.717) is 18.7 Å². The quantitative estimate of drug-likeness (QED) is 0.516. The van der Waals surface area contributed by atoms with Crippen molar-refractivity contribution in [2.45, 2.75) is 69.5 Å². The van der Waals surface area contributed by atoms with Gasteiger partial charge < -0.3 is 15.0 Å². The van der Waals surface area contributed by atoms with Gasteiger partial charge in [-0.15, -0.1) is 11.8 Å². The Morgan fingerprint density at radius 2 is 1.75 bits per heavy atom. The lowest BCUT2D eigenvalue weighted by Gasteiger charge is -2.30. The summed E-state index contributed by atoms with van der Waals surface area (Å²) in [4.78, 5) is 29.0. The summed E-state index contributed by atoms with van der Waals surface area (Å²) in [5.41, 5.74) is 2.20. The molecule has 0 heterocycles. The molecule has 0 spiro atoms. The van der Waals surface area contributed by atoms with Gasteiger partial charge >= 0.3 is 0 Å². The van der Waals surface area contributed by atoms with E-state index in [1.54, 1.807) is 23.8 Å². The maximum Gasteiger partial charge on any atom is 0.242 e. The van der Waals surface area contributed by atoms with E-state index in [2.05, 4.69) is 36.5 Å². The summed E-state index contributed by atoms with van der Waals surface area (Å²) in [6.45, 7) is 4.29. The van der Waals surface area contributed by atoms with Crippen molar-refractivity contribution in [3.63, 3.8) is 0 Å². The standard InChI is InChI=1S/C26H34N2O3S/c1-19-8-14-24(15-9-19)32-17-16-25(29)28(18-21-10-12-23(31-3)13-11-21)20(2)26(30)27-22-6-4-5-7-22/h8-15,20,22H,4-7,16-18H2,1-3H3,(H,27,30)/t20-/m0/s1. The molecule has 0 radical (unpaired) electrons. The number of methoxy groups -OCH3 is 1. The fourth-order valence-electron chi connectivity index (χ4n) is 3.94. The zero-order valence-corrected chi connectivity index (χ0v) is 20.1. The second-order valence-corrected chi connectivity index (χ2v) is 9.62. The maximum atomic E-state index is 13.2. The number of rotatable bonds is 10. The smallest absolute Gasteiger partial charge is 0.242 e. The number of nitrogens with zero attached hydrogens (tertiary/aromatic N) is 1. The summed E-state index contributed by atoms with van der Waals surface area (Å²) >= 11 is 1.67. The Morgan fingerprint density at radius 1 is 1.09 bits per heavy atom. The number of amides is 2. The molecule has 0 saturated heterocycles. The van der Waals surface area contributed by atoms with Crippen LogP contribution in [0.1, 0.15) is 50.2 Å². The first-order chi connectivity index (χ1) is 15.5. The number of aryl methyl sites for hydroxylation is 1. The summed E-state index contributed by atoms with van der Waals surface area (Å²) in [6, 6.07) is 15.7. The van der Waals surface area contributed by atoms with Gasteiger partial charge in [0.2, 0.25) is 11.8 Å². The molecule has 2 aromatic rings. The van der Waals surface area contributed by atoms with E-state index < -0.39 is 6.04 Å². The van der Waals surface area contributed by atoms with Gasteiger partial charge in [-0.25, -0.2) is 0 Å². The molecule has 1 aliphatic rings. The minimum Gasteiger partial charge on any atom is -0.497 e. The number of nitrogens with one attached hydrogen (secondary N) is 1. The predicted octanol–water partition coefficient (Wildman–Crippen LogP) is 4.96. The monoisotopic (exact) mass is 454 g/mol. The minimum absolute atomic E-state index is 0.00509. The second-order valence-electron chi connectivity index (χ2n) is 8.45. The molecule has 0 aliphatic heterocycles. The number of benzene rings is 2. The van der Waals surface area contributed by atoms with Crippen molar-refractivity contribution in [1.29, 1.82) is 0 Å². The molecule has 6 heteroatoms. The Labute approximate surface area is 195 Å². The first kappa shape index (κ1) is 24.2. The highest BCUT2D eigenvalue weighted by molar-refractivity contribution is 7.99. The van der Waals surface area contributed by atoms with Crippen molar-refractivity contribution in [2.24, 2.45) is 0 Å². The summed E-state index contributed by atoms with van der Waals surface area (Å²) in [5, 5.41) is 3.15. The van der Waals surface area contributed by atoms with Crippen LogP contribution in [-0.4, -0.2) is 41.7 Å². The number of hydrogen-bond acceptors (Lipinski definition) is 4. The summed E-state index contributed by atoms with van der Waals surface area (Å²) in [7, 11) is 1.63. The minimum atomic E-state index is -0.519. The van der Waals surface area contributed by atoms with E-state index in [4.69, 9.17) is 4.74 Å². The van der Waals surface area contributed by atoms with Crippen molar-refractivity contribution in [3.05, 3.63) is 59.7 Å². The van der Waals surface area contributed by atoms with Crippen LogP contribution in [0.25, 0.3) is 0 Å². The van der Waals surface area contributed by atoms with Gasteiger partial charge in [0, 0.05) is 29.7 Å². The number of ether oxygens (including phenoxy) is 1. The Hall–Kier alpha value is -2.47. The molecule has 1 atom stereocenters. The van der Waals surface area contributed by atoms with Crippen LogP contribution in [0.4, 0.5) is 0 Å². The van der Waals surface area contributed by atoms with Crippen LogP contribution in [0.2, 0.25) is 0 Å². The molecule has 0 bridgehead atoms. The van der Waals surface area contributed by atoms with E-state index in [1.807, 2.05) is 31.2 Å². The van der Waals surface area contributed by atoms with Gasteiger partial charge in [-0.3, -0.25) is 9.59 Å². The molecule has 2 aromatic carbocycles. The molecule has 0 unspecified atom stereocenters. The van der Waals surface area contributed by atoms with Gasteiger partial charge in [0.25, 0.3) is 0 Å². The zero-order valence-electron chi connectivity index (χ0n) is 19.3. The molecule has 3 rings (SSSR count). The van der Waals surface area contributed by atoms with Crippen LogP contribution in [0.5, 0.6) is 5.75 Å². The number of thioether (sulfide) groups is 1. The molecule has 1 saturated carbocycles. The van der Waals surface area contributed by atoms with E-state index in [0.717, 1.165) is 41.9 Å². The molecule has 1 fully saturated rings. The lowest BCUT2D eigenvalue weighted by molar-refractivity contribution is -0.140. The van der Waals surface area contributed by atoms with Gasteiger partial charge in [0.15, 0.2) is 0 Å². The Kier molecular flexibility index (Phi) is 9.03. The molecule has 0 aromatic heterocycles. The normalized spacial score (nSPS) is 14.7. The molecule has 1 aliphatic carbocycles. The molecule has 32 heavy (non-hydrogen) atoms. The Morgan fingerprint density at radius 3 is 2.38 bits per heavy atom. The zero-order chi connectivity index (χ0) is 22.9. The van der Waals surface area contributed by atoms with E-state index in [9.17, 15) is 9.59 Å². The van der Waals surface area contributed by atoms with Gasteiger partial charge in [0.1, 0.15) is 11.8 Å². The lowest BCUT2D eigenvalue weighted by Crippen LogP contribution is -2.49. The molecule has 1 N–H and O–H groups in total. The van der Waals surface area contributed by atoms with Crippen molar-refractivity contribution in [2.75, 3.05) is 12.9 Å². The third-order valence-corrected chi connectivity index (χ3v) is 7.00. The highest BCUT2D eigenvalue weighted by Gasteiger charge is 2.28. The van der Waals surface area contributed by atoms with Crippen LogP contribution >= 0.6 is 11.8 Å². The van der Waals surface area contributed by atoms with E-state index >= 15 is 0 Å². The van der Waals surface area contributed by atoms with Crippen LogP contribution in [0.3, 0.4) is 0 Å². The maximum absolute atomic E-state index is 13.2. The first-order valence-corrected chi connectivity index (χ1v) is 12.4. The van der Waals surface area contributed by atoms with Crippen LogP contribution < -0.4 is 10.1 Å². The van der Waals surface area contributed by atoms with Crippen molar-refractivity contribution in [1.82, 2.24) is 10.2 Å². The van der Waals surface area contributed by atoms with Crippen LogP contribution in [0.15, 0.2) is 53.4 Å². The van der Waals surface area contributed by atoms with Crippen molar-refractivity contribution in [3.8, 4) is 5.75 Å². The summed E-state index contributed by atoms with van der Waals surface area (Å²) in [6.07, 6.45) is 4.75. The topological polar surface area (TPSA) is 58.6 Å². The Bertz CT molecular complexity index is 877. The average Bonchev–Trinajstić information content (AvgIpc) is 3.31. The number of hydrogen-bond donors (Lipinski definition) is 1. The fraction of sp³-hybridized carbons (Fsp3) is 0.462. The molecule has 2 amide bonds. The first-order valence-electron chi connectivity index (χ1n) is 11.4. The average molecular weight is 455 g/mol. The van der Waals surface area contributed by atoms with E-state index in [-0.39, 0.29) is 17.9 Å². The highest BCUT2D eigenvalue weighted by atomic mass is 32.2. The summed E-state index contributed by atoms with van der Waals surface area (Å²) < 4.78 is 5.24. The Balaban J connectivity index is 1.65. The van der Waals surface area contributed by atoms with Gasteiger partial charge in [-0.1, -0.05) is 42.7 Å². The van der Waals surface area contributed by atoms with Crippen molar-refractivity contribution < 1.29 is 14.3 Å². The van der Waals surface area contributed by atoms with Gasteiger partial charge in [0.05, 0.1) is 7.11 Å². The number of carbonyl (C=O) groups is 2. The molecular formula is C26H34N2O3S. The number of carbonyl (C=O) groups excluding carboxylic acids is 2.